The van der Waals surface area contributed by atoms with Crippen LogP contribution in [0, 0.1) is 21.8 Å². The fourth-order valence-corrected chi connectivity index (χ4v) is 2.60. The number of hydrogen-bond donors (Lipinski definition) is 3. The molecule has 1 heterocycles. The van der Waals surface area contributed by atoms with Crippen molar-refractivity contribution < 1.29 is 14.1 Å². The smallest absolute Gasteiger partial charge is 0.295 e. The number of amides is 1. The molecule has 1 unspecified atom stereocenters. The number of piperidine rings is 1. The van der Waals surface area contributed by atoms with Gasteiger partial charge in [-0.25, -0.2) is 4.39 Å². The molecule has 1 aliphatic heterocycles. The molecule has 0 spiro atoms. The van der Waals surface area contributed by atoms with E-state index in [2.05, 4.69) is 10.6 Å². The van der Waals surface area contributed by atoms with Crippen LogP contribution in [0.1, 0.15) is 29.6 Å². The Hall–Kier alpha value is -1.93. The molecule has 1 fully saturated rings. The maximum Gasteiger partial charge on any atom is 0.295 e. The van der Waals surface area contributed by atoms with Crippen LogP contribution < -0.4 is 16.4 Å². The van der Waals surface area contributed by atoms with E-state index >= 15 is 0 Å². The zero-order chi connectivity index (χ0) is 16.1. The van der Waals surface area contributed by atoms with Gasteiger partial charge in [0.25, 0.3) is 11.6 Å². The third-order valence-electron chi connectivity index (χ3n) is 3.80. The van der Waals surface area contributed by atoms with Gasteiger partial charge in [-0.3, -0.25) is 14.9 Å². The van der Waals surface area contributed by atoms with E-state index in [1.54, 1.807) is 0 Å². The molecule has 1 aromatic carbocycles. The molecule has 1 amide bonds. The van der Waals surface area contributed by atoms with E-state index in [0.29, 0.717) is 18.5 Å². The Morgan fingerprint density at radius 3 is 2.87 bits per heavy atom. The van der Waals surface area contributed by atoms with Crippen LogP contribution in [0.5, 0.6) is 0 Å². The number of rotatable bonds is 5. The largest absolute Gasteiger partial charge is 0.393 e. The van der Waals surface area contributed by atoms with Gasteiger partial charge in [0.15, 0.2) is 0 Å². The van der Waals surface area contributed by atoms with Gasteiger partial charge in [-0.1, -0.05) is 0 Å². The minimum absolute atomic E-state index is 0. The molecule has 7 nitrogen and oxygen atoms in total. The third-order valence-corrected chi connectivity index (χ3v) is 3.80. The average Bonchev–Trinajstić information content (AvgIpc) is 2.50. The molecule has 0 aliphatic carbocycles. The highest BCUT2D eigenvalue weighted by Gasteiger charge is 2.22. The number of hydrogen-bond acceptors (Lipinski definition) is 5. The fraction of sp³-hybridized carbons (Fsp3) is 0.500. The Kier molecular flexibility index (Phi) is 7.18. The molecule has 23 heavy (non-hydrogen) atoms. The van der Waals surface area contributed by atoms with Crippen molar-refractivity contribution in [3.63, 3.8) is 0 Å². The number of carbonyl (C=O) groups excluding carboxylic acids is 1. The van der Waals surface area contributed by atoms with Gasteiger partial charge in [-0.15, -0.1) is 12.4 Å². The Morgan fingerprint density at radius 2 is 2.26 bits per heavy atom. The topological polar surface area (TPSA) is 110 Å². The van der Waals surface area contributed by atoms with Crippen LogP contribution in [-0.4, -0.2) is 30.5 Å². The summed E-state index contributed by atoms with van der Waals surface area (Å²) in [7, 11) is 0. The van der Waals surface area contributed by atoms with Crippen molar-refractivity contribution in [3.05, 3.63) is 33.6 Å². The molecule has 0 aromatic heterocycles. The van der Waals surface area contributed by atoms with Crippen LogP contribution in [0.25, 0.3) is 0 Å². The van der Waals surface area contributed by atoms with Gasteiger partial charge in [-0.05, 0) is 44.3 Å². The molecule has 0 radical (unpaired) electrons. The van der Waals surface area contributed by atoms with Gasteiger partial charge in [-0.2, -0.15) is 0 Å². The molecule has 0 bridgehead atoms. The fourth-order valence-electron chi connectivity index (χ4n) is 2.60. The van der Waals surface area contributed by atoms with Gasteiger partial charge in [0.1, 0.15) is 11.5 Å². The Bertz CT molecular complexity index is 579. The summed E-state index contributed by atoms with van der Waals surface area (Å²) in [6, 6.07) is 1.62. The molecule has 128 valence electrons. The van der Waals surface area contributed by atoms with Crippen LogP contribution in [-0.2, 0) is 0 Å². The first-order valence-corrected chi connectivity index (χ1v) is 7.21. The zero-order valence-electron chi connectivity index (χ0n) is 12.5. The van der Waals surface area contributed by atoms with E-state index in [1.165, 1.54) is 0 Å². The second-order valence-corrected chi connectivity index (χ2v) is 5.40. The van der Waals surface area contributed by atoms with Crippen molar-refractivity contribution in [1.29, 1.82) is 0 Å². The first-order chi connectivity index (χ1) is 10.5. The highest BCUT2D eigenvalue weighted by molar-refractivity contribution is 6.01. The lowest BCUT2D eigenvalue weighted by atomic mass is 9.96. The first kappa shape index (κ1) is 19.1. The number of nitrogen functional groups attached to an aromatic ring is 1. The Balaban J connectivity index is 0.00000264. The highest BCUT2D eigenvalue weighted by atomic mass is 35.5. The van der Waals surface area contributed by atoms with Gasteiger partial charge in [0, 0.05) is 6.54 Å². The van der Waals surface area contributed by atoms with E-state index in [-0.39, 0.29) is 23.7 Å². The number of nitrogens with one attached hydrogen (secondary N) is 2. The summed E-state index contributed by atoms with van der Waals surface area (Å²) in [5.74, 6) is -0.959. The third kappa shape index (κ3) is 5.04. The lowest BCUT2D eigenvalue weighted by molar-refractivity contribution is -0.384. The predicted octanol–water partition coefficient (Wildman–Crippen LogP) is 1.86. The summed E-state index contributed by atoms with van der Waals surface area (Å²) in [6.07, 6.45) is 3.02. The number of anilines is 1. The molecule has 0 saturated carbocycles. The average molecular weight is 347 g/mol. The highest BCUT2D eigenvalue weighted by Crippen LogP contribution is 2.26. The summed E-state index contributed by atoms with van der Waals surface area (Å²) in [4.78, 5) is 22.0. The van der Waals surface area contributed by atoms with Gasteiger partial charge >= 0.3 is 0 Å². The molecule has 1 aromatic rings. The number of benzene rings is 1. The van der Waals surface area contributed by atoms with Crippen LogP contribution in [0.4, 0.5) is 15.8 Å². The second-order valence-electron chi connectivity index (χ2n) is 5.40. The van der Waals surface area contributed by atoms with Crippen molar-refractivity contribution in [2.75, 3.05) is 25.4 Å². The SMILES string of the molecule is Cl.Nc1c(C(=O)NCCC2CCCNC2)cc(F)cc1[N+](=O)[O-]. The number of halogens is 2. The van der Waals surface area contributed by atoms with E-state index < -0.39 is 22.3 Å². The summed E-state index contributed by atoms with van der Waals surface area (Å²) < 4.78 is 13.4. The quantitative estimate of drug-likeness (QED) is 0.428. The summed E-state index contributed by atoms with van der Waals surface area (Å²) in [5.41, 5.74) is 4.48. The lowest BCUT2D eigenvalue weighted by Crippen LogP contribution is -2.33. The number of carbonyl (C=O) groups is 1. The minimum atomic E-state index is -0.859. The molecular formula is C14H20ClFN4O3. The number of nitrogens with zero attached hydrogens (tertiary/aromatic N) is 1. The van der Waals surface area contributed by atoms with Crippen molar-refractivity contribution in [3.8, 4) is 0 Å². The van der Waals surface area contributed by atoms with E-state index in [9.17, 15) is 19.3 Å². The summed E-state index contributed by atoms with van der Waals surface area (Å²) in [5, 5.41) is 16.7. The van der Waals surface area contributed by atoms with Crippen LogP contribution in [0.3, 0.4) is 0 Å². The van der Waals surface area contributed by atoms with Crippen LogP contribution in [0.15, 0.2) is 12.1 Å². The number of nitrogens with two attached hydrogens (primary N) is 1. The molecule has 1 aliphatic rings. The van der Waals surface area contributed by atoms with Crippen LogP contribution in [0.2, 0.25) is 0 Å². The molecular weight excluding hydrogens is 327 g/mol. The summed E-state index contributed by atoms with van der Waals surface area (Å²) in [6.45, 7) is 2.37. The van der Waals surface area contributed by atoms with E-state index in [1.807, 2.05) is 0 Å². The van der Waals surface area contributed by atoms with E-state index in [0.717, 1.165) is 38.4 Å². The van der Waals surface area contributed by atoms with Crippen molar-refractivity contribution in [1.82, 2.24) is 10.6 Å². The minimum Gasteiger partial charge on any atom is -0.393 e. The number of nitro benzene ring substituents is 1. The van der Waals surface area contributed by atoms with Gasteiger partial charge in [0.2, 0.25) is 0 Å². The molecule has 1 saturated heterocycles. The van der Waals surface area contributed by atoms with Gasteiger partial charge < -0.3 is 16.4 Å². The maximum absolute atomic E-state index is 13.4. The Labute approximate surface area is 139 Å². The first-order valence-electron chi connectivity index (χ1n) is 7.21. The molecule has 9 heteroatoms. The van der Waals surface area contributed by atoms with Crippen molar-refractivity contribution in [2.24, 2.45) is 5.92 Å². The molecule has 1 atom stereocenters. The Morgan fingerprint density at radius 1 is 1.52 bits per heavy atom. The predicted molar refractivity (Wildman–Crippen MR) is 87.3 cm³/mol. The summed E-state index contributed by atoms with van der Waals surface area (Å²) >= 11 is 0. The standard InChI is InChI=1S/C14H19FN4O3.ClH/c15-10-6-11(13(16)12(7-10)19(21)22)14(20)18-5-3-9-2-1-4-17-8-9;/h6-7,9,17H,1-5,8,16H2,(H,18,20);1H. The van der Waals surface area contributed by atoms with Crippen LogP contribution >= 0.6 is 12.4 Å². The lowest BCUT2D eigenvalue weighted by Gasteiger charge is -2.22. The van der Waals surface area contributed by atoms with E-state index in [4.69, 9.17) is 5.73 Å². The van der Waals surface area contributed by atoms with Crippen molar-refractivity contribution >= 4 is 29.7 Å². The maximum atomic E-state index is 13.4. The molecule has 2 rings (SSSR count). The molecule has 4 N–H and O–H groups in total. The van der Waals surface area contributed by atoms with Crippen molar-refractivity contribution in [2.45, 2.75) is 19.3 Å². The second kappa shape index (κ2) is 8.64. The van der Waals surface area contributed by atoms with Gasteiger partial charge in [0.05, 0.1) is 16.6 Å². The monoisotopic (exact) mass is 346 g/mol. The number of nitro groups is 1. The normalized spacial score (nSPS) is 17.2. The zero-order valence-corrected chi connectivity index (χ0v) is 13.3.